The molecule has 0 saturated heterocycles. The SMILES string of the molecule is CC(C)(C)OC(=O)CCc1cccc(C#CCO)c1.[Pd].c1ccc(P(c2ccccc2)c2ccccc2)cc1.c1ccc(P(c2ccccc2)c2ccccc2)cc1.c1ccc(P(c2ccccc2)c2ccccc2)cc1.c1ccc(P(c2ccccc2)c2ccccc2)cc1. The second-order valence-corrected chi connectivity index (χ2v) is 31.5. The zero-order valence-corrected chi connectivity index (χ0v) is 59.6. The molecule has 0 aliphatic heterocycles. The van der Waals surface area contributed by atoms with E-state index in [1.54, 1.807) is 0 Å². The zero-order valence-electron chi connectivity index (χ0n) is 54.4. The van der Waals surface area contributed by atoms with Crippen molar-refractivity contribution < 1.29 is 35.1 Å². The molecule has 0 spiro atoms. The summed E-state index contributed by atoms with van der Waals surface area (Å²) in [4.78, 5) is 11.6. The molecule has 0 aliphatic rings. The van der Waals surface area contributed by atoms with Crippen LogP contribution in [0.5, 0.6) is 0 Å². The van der Waals surface area contributed by atoms with Gasteiger partial charge in [0.05, 0.1) is 0 Å². The van der Waals surface area contributed by atoms with Crippen LogP contribution in [0, 0.1) is 11.8 Å². The van der Waals surface area contributed by atoms with Crippen molar-refractivity contribution in [3.05, 3.63) is 399 Å². The van der Waals surface area contributed by atoms with E-state index < -0.39 is 37.3 Å². The molecule has 0 saturated carbocycles. The fourth-order valence-electron chi connectivity index (χ4n) is 10.3. The van der Waals surface area contributed by atoms with Crippen LogP contribution in [0.15, 0.2) is 388 Å². The molecule has 0 bridgehead atoms. The Morgan fingerprint density at radius 2 is 0.510 bits per heavy atom. The van der Waals surface area contributed by atoms with Crippen LogP contribution in [0.1, 0.15) is 38.3 Å². The van der Waals surface area contributed by atoms with Gasteiger partial charge in [0.25, 0.3) is 0 Å². The smallest absolute Gasteiger partial charge is 0.306 e. The van der Waals surface area contributed by atoms with Crippen LogP contribution in [-0.4, -0.2) is 23.3 Å². The quantitative estimate of drug-likeness (QED) is 0.0482. The molecular weight excluding hydrogens is 1340 g/mol. The summed E-state index contributed by atoms with van der Waals surface area (Å²) >= 11 is 0. The number of carbonyl (C=O) groups excluding carboxylic acids is 1. The van der Waals surface area contributed by atoms with Crippen molar-refractivity contribution in [2.45, 2.75) is 39.2 Å². The van der Waals surface area contributed by atoms with E-state index in [1.807, 2.05) is 45.0 Å². The van der Waals surface area contributed by atoms with Crippen LogP contribution in [0.2, 0.25) is 0 Å². The first kappa shape index (κ1) is 73.0. The van der Waals surface area contributed by atoms with Crippen molar-refractivity contribution in [3.8, 4) is 11.8 Å². The third kappa shape index (κ3) is 23.9. The van der Waals surface area contributed by atoms with Crippen molar-refractivity contribution in [2.75, 3.05) is 6.61 Å². The predicted molar refractivity (Wildman–Crippen MR) is 415 cm³/mol. The maximum absolute atomic E-state index is 11.6. The summed E-state index contributed by atoms with van der Waals surface area (Å²) in [6, 6.07) is 137. The summed E-state index contributed by atoms with van der Waals surface area (Å²) < 4.78 is 5.25. The maximum Gasteiger partial charge on any atom is 0.306 e. The fourth-order valence-corrected chi connectivity index (χ4v) is 19.5. The number of carbonyl (C=O) groups is 1. The van der Waals surface area contributed by atoms with Crippen LogP contribution in [0.25, 0.3) is 0 Å². The molecule has 0 radical (unpaired) electrons. The first-order valence-corrected chi connectivity index (χ1v) is 37.3. The van der Waals surface area contributed by atoms with Crippen molar-refractivity contribution in [1.82, 2.24) is 0 Å². The Bertz CT molecular complexity index is 3440. The monoisotopic (exact) mass is 1410 g/mol. The number of aryl methyl sites for hydroxylation is 1. The molecule has 3 nitrogen and oxygen atoms in total. The summed E-state index contributed by atoms with van der Waals surface area (Å²) in [5.41, 5.74) is 1.44. The first-order chi connectivity index (χ1) is 46.7. The molecule has 0 aliphatic carbocycles. The van der Waals surface area contributed by atoms with Gasteiger partial charge < -0.3 is 9.84 Å². The predicted octanol–water partition coefficient (Wildman–Crippen LogP) is 16.1. The number of aliphatic hydroxyl groups is 1. The fraction of sp³-hybridized carbons (Fsp3) is 0.0795. The molecule has 0 aromatic heterocycles. The minimum absolute atomic E-state index is 0. The third-order valence-corrected chi connectivity index (χ3v) is 24.2. The summed E-state index contributed by atoms with van der Waals surface area (Å²) in [6.07, 6.45) is 0.984. The Morgan fingerprint density at radius 3 is 0.688 bits per heavy atom. The Balaban J connectivity index is 0.000000153. The molecule has 0 unspecified atom stereocenters. The number of hydrogen-bond acceptors (Lipinski definition) is 3. The van der Waals surface area contributed by atoms with Gasteiger partial charge in [-0.3, -0.25) is 4.79 Å². The van der Waals surface area contributed by atoms with Crippen LogP contribution in [0.4, 0.5) is 0 Å². The van der Waals surface area contributed by atoms with Gasteiger partial charge in [-0.15, -0.1) is 0 Å². The van der Waals surface area contributed by atoms with Crippen molar-refractivity contribution in [1.29, 1.82) is 0 Å². The number of ether oxygens (including phenoxy) is 1. The minimum atomic E-state index is -0.446. The van der Waals surface area contributed by atoms with Gasteiger partial charge in [0, 0.05) is 32.4 Å². The second-order valence-electron chi connectivity index (χ2n) is 22.6. The van der Waals surface area contributed by atoms with Gasteiger partial charge in [-0.05, 0) is 140 Å². The summed E-state index contributed by atoms with van der Waals surface area (Å²) in [5, 5.41) is 25.4. The van der Waals surface area contributed by atoms with Gasteiger partial charge in [0.1, 0.15) is 12.2 Å². The van der Waals surface area contributed by atoms with E-state index >= 15 is 0 Å². The van der Waals surface area contributed by atoms with Crippen LogP contribution < -0.4 is 63.7 Å². The number of esters is 1. The number of hydrogen-bond donors (Lipinski definition) is 1. The summed E-state index contributed by atoms with van der Waals surface area (Å²) in [5.74, 6) is 5.25. The molecule has 96 heavy (non-hydrogen) atoms. The average molecular weight is 1420 g/mol. The molecule has 1 N–H and O–H groups in total. The Kier molecular flexibility index (Phi) is 30.9. The Morgan fingerprint density at radius 1 is 0.312 bits per heavy atom. The van der Waals surface area contributed by atoms with E-state index in [-0.39, 0.29) is 33.0 Å². The largest absolute Gasteiger partial charge is 0.460 e. The molecule has 8 heteroatoms. The van der Waals surface area contributed by atoms with Gasteiger partial charge in [0.2, 0.25) is 0 Å². The minimum Gasteiger partial charge on any atom is -0.460 e. The van der Waals surface area contributed by atoms with Gasteiger partial charge in [0.15, 0.2) is 0 Å². The molecule has 480 valence electrons. The normalized spacial score (nSPS) is 10.5. The molecule has 0 amide bonds. The van der Waals surface area contributed by atoms with E-state index in [1.165, 1.54) is 63.7 Å². The number of rotatable bonds is 15. The number of benzene rings is 13. The summed E-state index contributed by atoms with van der Waals surface area (Å²) in [6.45, 7) is 5.42. The van der Waals surface area contributed by atoms with E-state index in [2.05, 4.69) is 376 Å². The summed E-state index contributed by atoms with van der Waals surface area (Å²) in [7, 11) is -1.78. The molecule has 13 aromatic carbocycles. The average Bonchev–Trinajstić information content (AvgIpc) is 1.06. The zero-order chi connectivity index (χ0) is 66.0. The maximum atomic E-state index is 11.6. The van der Waals surface area contributed by atoms with Crippen molar-refractivity contribution in [2.24, 2.45) is 0 Å². The number of aliphatic hydroxyl groups excluding tert-OH is 1. The van der Waals surface area contributed by atoms with Gasteiger partial charge in [-0.1, -0.05) is 388 Å². The standard InChI is InChI=1S/4C18H15P.C16H20O3.Pd/c4*1-4-10-16(11-5-1)19(17-12-6-2-7-13-17)18-14-8-3-9-15-18;1-16(2,3)19-15(18)10-9-14-7-4-6-13(12-14)8-5-11-17;/h4*1-15H;4,6-7,12,17H,9-11H2,1-3H3;. The third-order valence-electron chi connectivity index (χ3n) is 14.4. The van der Waals surface area contributed by atoms with Gasteiger partial charge >= 0.3 is 5.97 Å². The Labute approximate surface area is 589 Å². The second kappa shape index (κ2) is 40.6. The van der Waals surface area contributed by atoms with Crippen LogP contribution in [-0.2, 0) is 36.4 Å². The first-order valence-electron chi connectivity index (χ1n) is 31.9. The van der Waals surface area contributed by atoms with E-state index in [9.17, 15) is 4.79 Å². The van der Waals surface area contributed by atoms with E-state index in [0.717, 1.165) is 11.1 Å². The molecule has 0 atom stereocenters. The molecule has 13 aromatic rings. The van der Waals surface area contributed by atoms with Crippen molar-refractivity contribution >= 4 is 101 Å². The van der Waals surface area contributed by atoms with Crippen LogP contribution >= 0.6 is 31.7 Å². The van der Waals surface area contributed by atoms with Crippen LogP contribution in [0.3, 0.4) is 0 Å². The van der Waals surface area contributed by atoms with E-state index in [4.69, 9.17) is 9.84 Å². The van der Waals surface area contributed by atoms with E-state index in [0.29, 0.717) is 12.8 Å². The molecule has 13 rings (SSSR count). The molecule has 0 fully saturated rings. The molecular formula is C88H80O3P4Pd. The van der Waals surface area contributed by atoms with Gasteiger partial charge in [-0.2, -0.15) is 0 Å². The van der Waals surface area contributed by atoms with Crippen molar-refractivity contribution in [3.63, 3.8) is 0 Å². The van der Waals surface area contributed by atoms with Gasteiger partial charge in [-0.25, -0.2) is 0 Å². The topological polar surface area (TPSA) is 46.5 Å². The molecule has 0 heterocycles. The Hall–Kier alpha value is -8.77.